The van der Waals surface area contributed by atoms with E-state index in [1.807, 2.05) is 0 Å². The van der Waals surface area contributed by atoms with E-state index in [1.165, 1.54) is 20.1 Å². The van der Waals surface area contributed by atoms with Crippen LogP contribution in [-0.2, 0) is 19.6 Å². The zero-order valence-corrected chi connectivity index (χ0v) is 15.4. The number of sulfonamides is 1. The Bertz CT molecular complexity index is 795. The summed E-state index contributed by atoms with van der Waals surface area (Å²) in [6.07, 6.45) is 1.46. The average molecular weight is 391 g/mol. The molecule has 0 aromatic heterocycles. The molecule has 1 unspecified atom stereocenters. The van der Waals surface area contributed by atoms with Gasteiger partial charge in [-0.05, 0) is 25.3 Å². The minimum Gasteiger partial charge on any atom is -0.495 e. The first-order valence-corrected chi connectivity index (χ1v) is 9.40. The SMILES string of the molecule is COc1cc(NC(C)=O)c(Cl)cc1S(=O)(=O)N1CCCCC1C(=O)O. The molecule has 1 heterocycles. The lowest BCUT2D eigenvalue weighted by atomic mass is 10.1. The van der Waals surface area contributed by atoms with Crippen molar-refractivity contribution < 1.29 is 27.9 Å². The largest absolute Gasteiger partial charge is 0.495 e. The standard InChI is InChI=1S/C15H19ClN2O6S/c1-9(19)17-11-8-13(24-2)14(7-10(11)16)25(22,23)18-6-4-3-5-12(18)15(20)21/h7-8,12H,3-6H2,1-2H3,(H,17,19)(H,20,21). The molecule has 138 valence electrons. The van der Waals surface area contributed by atoms with Gasteiger partial charge in [0, 0.05) is 19.5 Å². The summed E-state index contributed by atoms with van der Waals surface area (Å²) in [5.41, 5.74) is 0.207. The van der Waals surface area contributed by atoms with Crippen LogP contribution in [0.1, 0.15) is 26.2 Å². The normalized spacial score (nSPS) is 18.6. The van der Waals surface area contributed by atoms with Gasteiger partial charge in [-0.1, -0.05) is 11.6 Å². The van der Waals surface area contributed by atoms with E-state index < -0.39 is 22.0 Å². The Kier molecular flexibility index (Phi) is 5.91. The number of carboxylic acids is 1. The van der Waals surface area contributed by atoms with E-state index in [1.54, 1.807) is 0 Å². The molecule has 1 aliphatic heterocycles. The van der Waals surface area contributed by atoms with Crippen molar-refractivity contribution in [1.82, 2.24) is 4.31 Å². The number of rotatable bonds is 5. The minimum atomic E-state index is -4.14. The molecule has 25 heavy (non-hydrogen) atoms. The number of amides is 1. The molecule has 8 nitrogen and oxygen atoms in total. The number of carbonyl (C=O) groups is 2. The van der Waals surface area contributed by atoms with Gasteiger partial charge in [0.15, 0.2) is 0 Å². The second-order valence-electron chi connectivity index (χ2n) is 5.63. The van der Waals surface area contributed by atoms with Crippen LogP contribution in [0, 0.1) is 0 Å². The maximum absolute atomic E-state index is 13.0. The van der Waals surface area contributed by atoms with Gasteiger partial charge in [-0.3, -0.25) is 9.59 Å². The quantitative estimate of drug-likeness (QED) is 0.794. The van der Waals surface area contributed by atoms with E-state index in [2.05, 4.69) is 5.32 Å². The fourth-order valence-electron chi connectivity index (χ4n) is 2.75. The Labute approximate surface area is 150 Å². The second-order valence-corrected chi connectivity index (χ2v) is 7.90. The van der Waals surface area contributed by atoms with E-state index in [-0.39, 0.29) is 40.2 Å². The Morgan fingerprint density at radius 3 is 2.60 bits per heavy atom. The monoisotopic (exact) mass is 390 g/mol. The summed E-state index contributed by atoms with van der Waals surface area (Å²) in [6.45, 7) is 1.40. The minimum absolute atomic E-state index is 0.0125. The predicted molar refractivity (Wildman–Crippen MR) is 91.5 cm³/mol. The van der Waals surface area contributed by atoms with Gasteiger partial charge in [-0.25, -0.2) is 8.42 Å². The second kappa shape index (κ2) is 7.59. The van der Waals surface area contributed by atoms with E-state index in [0.717, 1.165) is 10.4 Å². The highest BCUT2D eigenvalue weighted by atomic mass is 35.5. The molecule has 1 atom stereocenters. The number of nitrogens with one attached hydrogen (secondary N) is 1. The first kappa shape index (κ1) is 19.5. The lowest BCUT2D eigenvalue weighted by Crippen LogP contribution is -2.47. The van der Waals surface area contributed by atoms with Crippen LogP contribution in [0.25, 0.3) is 0 Å². The van der Waals surface area contributed by atoms with Gasteiger partial charge in [0.1, 0.15) is 16.7 Å². The third-order valence-electron chi connectivity index (χ3n) is 3.89. The first-order chi connectivity index (χ1) is 11.7. The van der Waals surface area contributed by atoms with Gasteiger partial charge in [-0.2, -0.15) is 4.31 Å². The number of carbonyl (C=O) groups excluding carboxylic acids is 1. The molecule has 1 amide bonds. The van der Waals surface area contributed by atoms with Gasteiger partial charge >= 0.3 is 5.97 Å². The molecular weight excluding hydrogens is 372 g/mol. The van der Waals surface area contributed by atoms with E-state index in [0.29, 0.717) is 12.8 Å². The molecule has 0 radical (unpaired) electrons. The van der Waals surface area contributed by atoms with Crippen LogP contribution >= 0.6 is 11.6 Å². The topological polar surface area (TPSA) is 113 Å². The highest BCUT2D eigenvalue weighted by Crippen LogP contribution is 2.37. The Hall–Kier alpha value is -1.84. The fraction of sp³-hybridized carbons (Fsp3) is 0.467. The number of benzene rings is 1. The maximum Gasteiger partial charge on any atom is 0.322 e. The van der Waals surface area contributed by atoms with Gasteiger partial charge in [0.05, 0.1) is 17.8 Å². The van der Waals surface area contributed by atoms with Crippen molar-refractivity contribution in [3.05, 3.63) is 17.2 Å². The first-order valence-electron chi connectivity index (χ1n) is 7.58. The number of ether oxygens (including phenoxy) is 1. The summed E-state index contributed by atoms with van der Waals surface area (Å²) in [5.74, 6) is -1.59. The smallest absolute Gasteiger partial charge is 0.322 e. The van der Waals surface area contributed by atoms with Gasteiger partial charge in [0.25, 0.3) is 0 Å². The molecule has 1 aromatic carbocycles. The van der Waals surface area contributed by atoms with Crippen molar-refractivity contribution in [2.24, 2.45) is 0 Å². The van der Waals surface area contributed by atoms with Crippen molar-refractivity contribution >= 4 is 39.2 Å². The zero-order chi connectivity index (χ0) is 18.8. The van der Waals surface area contributed by atoms with Crippen LogP contribution in [-0.4, -0.2) is 49.4 Å². The summed E-state index contributed by atoms with van der Waals surface area (Å²) >= 11 is 6.08. The summed E-state index contributed by atoms with van der Waals surface area (Å²) in [7, 11) is -2.85. The summed E-state index contributed by atoms with van der Waals surface area (Å²) in [6, 6.07) is 1.34. The van der Waals surface area contributed by atoms with Crippen LogP contribution in [0.15, 0.2) is 17.0 Å². The van der Waals surface area contributed by atoms with E-state index in [4.69, 9.17) is 16.3 Å². The molecular formula is C15H19ClN2O6S. The van der Waals surface area contributed by atoms with Crippen molar-refractivity contribution in [3.8, 4) is 5.75 Å². The molecule has 1 aliphatic rings. The third kappa shape index (κ3) is 4.05. The third-order valence-corrected chi connectivity index (χ3v) is 6.13. The van der Waals surface area contributed by atoms with Gasteiger partial charge < -0.3 is 15.2 Å². The molecule has 0 bridgehead atoms. The fourth-order valence-corrected chi connectivity index (χ4v) is 4.84. The van der Waals surface area contributed by atoms with Crippen molar-refractivity contribution in [1.29, 1.82) is 0 Å². The van der Waals surface area contributed by atoms with E-state index >= 15 is 0 Å². The summed E-state index contributed by atoms with van der Waals surface area (Å²) in [5, 5.41) is 11.8. The number of halogens is 1. The van der Waals surface area contributed by atoms with Crippen LogP contribution in [0.5, 0.6) is 5.75 Å². The van der Waals surface area contributed by atoms with Crippen LogP contribution in [0.2, 0.25) is 5.02 Å². The Morgan fingerprint density at radius 1 is 1.36 bits per heavy atom. The predicted octanol–water partition coefficient (Wildman–Crippen LogP) is 1.93. The molecule has 2 rings (SSSR count). The number of carboxylic acid groups (broad SMARTS) is 1. The Balaban J connectivity index is 2.52. The molecule has 0 aliphatic carbocycles. The molecule has 0 spiro atoms. The number of anilines is 1. The van der Waals surface area contributed by atoms with Crippen molar-refractivity contribution in [3.63, 3.8) is 0 Å². The van der Waals surface area contributed by atoms with Gasteiger partial charge in [0.2, 0.25) is 15.9 Å². The number of hydrogen-bond donors (Lipinski definition) is 2. The van der Waals surface area contributed by atoms with Crippen molar-refractivity contribution in [2.45, 2.75) is 37.1 Å². The number of nitrogens with zero attached hydrogens (tertiary/aromatic N) is 1. The average Bonchev–Trinajstić information content (AvgIpc) is 2.55. The number of hydrogen-bond acceptors (Lipinski definition) is 5. The number of methoxy groups -OCH3 is 1. The summed E-state index contributed by atoms with van der Waals surface area (Å²) in [4.78, 5) is 22.4. The van der Waals surface area contributed by atoms with Crippen LogP contribution < -0.4 is 10.1 Å². The molecule has 0 saturated carbocycles. The number of aliphatic carboxylic acids is 1. The molecule has 1 saturated heterocycles. The highest BCUT2D eigenvalue weighted by molar-refractivity contribution is 7.89. The summed E-state index contributed by atoms with van der Waals surface area (Å²) < 4.78 is 32.1. The maximum atomic E-state index is 13.0. The lowest BCUT2D eigenvalue weighted by Gasteiger charge is -2.32. The highest BCUT2D eigenvalue weighted by Gasteiger charge is 2.39. The van der Waals surface area contributed by atoms with E-state index in [9.17, 15) is 23.1 Å². The zero-order valence-electron chi connectivity index (χ0n) is 13.8. The van der Waals surface area contributed by atoms with Crippen LogP contribution in [0.3, 0.4) is 0 Å². The number of piperidine rings is 1. The lowest BCUT2D eigenvalue weighted by molar-refractivity contribution is -0.142. The molecule has 1 aromatic rings. The molecule has 1 fully saturated rings. The molecule has 2 N–H and O–H groups in total. The molecule has 10 heteroatoms. The van der Waals surface area contributed by atoms with Crippen LogP contribution in [0.4, 0.5) is 5.69 Å². The Morgan fingerprint density at radius 2 is 2.04 bits per heavy atom. The van der Waals surface area contributed by atoms with Crippen molar-refractivity contribution in [2.75, 3.05) is 19.0 Å². The van der Waals surface area contributed by atoms with Gasteiger partial charge in [-0.15, -0.1) is 0 Å².